The van der Waals surface area contributed by atoms with E-state index >= 15 is 0 Å². The van der Waals surface area contributed by atoms with Gasteiger partial charge in [-0.1, -0.05) is 6.07 Å². The minimum atomic E-state index is -4.61. The highest BCUT2D eigenvalue weighted by atomic mass is 32.2. The van der Waals surface area contributed by atoms with Gasteiger partial charge in [-0.25, -0.2) is 13.1 Å². The monoisotopic (exact) mass is 297 g/mol. The van der Waals surface area contributed by atoms with Gasteiger partial charge < -0.3 is 5.11 Å². The highest BCUT2D eigenvalue weighted by molar-refractivity contribution is 7.89. The molecule has 108 valence electrons. The van der Waals surface area contributed by atoms with Gasteiger partial charge in [-0.15, -0.1) is 0 Å². The first-order valence-corrected chi connectivity index (χ1v) is 6.88. The van der Waals surface area contributed by atoms with Crippen molar-refractivity contribution in [2.75, 3.05) is 6.61 Å². The van der Waals surface area contributed by atoms with Crippen molar-refractivity contribution >= 4 is 10.0 Å². The quantitative estimate of drug-likeness (QED) is 0.888. The van der Waals surface area contributed by atoms with Gasteiger partial charge in [-0.2, -0.15) is 13.2 Å². The smallest absolute Gasteiger partial charge is 0.395 e. The lowest BCUT2D eigenvalue weighted by molar-refractivity contribution is -0.138. The second-order valence-electron chi connectivity index (χ2n) is 4.13. The predicted octanol–water partition coefficient (Wildman–Crippen LogP) is 1.67. The fourth-order valence-corrected chi connectivity index (χ4v) is 3.08. The van der Waals surface area contributed by atoms with Gasteiger partial charge in [0.05, 0.1) is 17.1 Å². The summed E-state index contributed by atoms with van der Waals surface area (Å²) in [5.74, 6) is 0. The van der Waals surface area contributed by atoms with Crippen LogP contribution >= 0.6 is 0 Å². The Labute approximate surface area is 109 Å². The summed E-state index contributed by atoms with van der Waals surface area (Å²) in [4.78, 5) is -0.442. The molecule has 1 aromatic carbocycles. The molecular formula is C11H14F3NO3S. The van der Waals surface area contributed by atoms with Crippen LogP contribution in [0.2, 0.25) is 0 Å². The Hall–Kier alpha value is -1.12. The van der Waals surface area contributed by atoms with E-state index in [9.17, 15) is 21.6 Å². The zero-order valence-corrected chi connectivity index (χ0v) is 11.1. The molecule has 0 aromatic heterocycles. The van der Waals surface area contributed by atoms with Crippen LogP contribution in [-0.2, 0) is 16.2 Å². The van der Waals surface area contributed by atoms with Crippen molar-refractivity contribution in [3.05, 3.63) is 29.3 Å². The largest absolute Gasteiger partial charge is 0.416 e. The number of nitrogens with one attached hydrogen (secondary N) is 1. The summed E-state index contributed by atoms with van der Waals surface area (Å²) in [5.41, 5.74) is -1.36. The third kappa shape index (κ3) is 3.68. The highest BCUT2D eigenvalue weighted by Gasteiger charge is 2.34. The van der Waals surface area contributed by atoms with Crippen LogP contribution in [-0.4, -0.2) is 26.2 Å². The molecule has 0 aliphatic rings. The van der Waals surface area contributed by atoms with Crippen LogP contribution in [0, 0.1) is 6.92 Å². The van der Waals surface area contributed by atoms with E-state index in [4.69, 9.17) is 5.11 Å². The molecule has 0 unspecified atom stereocenters. The average molecular weight is 297 g/mol. The summed E-state index contributed by atoms with van der Waals surface area (Å²) in [6.07, 6.45) is -4.61. The van der Waals surface area contributed by atoms with Crippen molar-refractivity contribution in [3.63, 3.8) is 0 Å². The van der Waals surface area contributed by atoms with Crippen molar-refractivity contribution in [2.45, 2.75) is 31.0 Å². The summed E-state index contributed by atoms with van der Waals surface area (Å²) in [7, 11) is -4.10. The predicted molar refractivity (Wildman–Crippen MR) is 63.1 cm³/mol. The van der Waals surface area contributed by atoms with Crippen molar-refractivity contribution in [1.82, 2.24) is 4.72 Å². The molecular weight excluding hydrogens is 283 g/mol. The van der Waals surface area contributed by atoms with Gasteiger partial charge >= 0.3 is 6.18 Å². The molecule has 0 aliphatic heterocycles. The van der Waals surface area contributed by atoms with Gasteiger partial charge in [-0.3, -0.25) is 0 Å². The van der Waals surface area contributed by atoms with E-state index in [1.54, 1.807) is 0 Å². The maximum atomic E-state index is 12.7. The maximum absolute atomic E-state index is 12.7. The zero-order valence-electron chi connectivity index (χ0n) is 10.3. The minimum Gasteiger partial charge on any atom is -0.395 e. The Morgan fingerprint density at radius 2 is 1.95 bits per heavy atom. The number of alkyl halides is 3. The molecule has 8 heteroatoms. The summed E-state index contributed by atoms with van der Waals surface area (Å²) in [6.45, 7) is 2.05. The Kier molecular flexibility index (Phi) is 4.59. The number of benzene rings is 1. The molecule has 0 amide bonds. The van der Waals surface area contributed by atoms with Crippen molar-refractivity contribution in [1.29, 1.82) is 0 Å². The van der Waals surface area contributed by atoms with E-state index in [0.717, 1.165) is 25.1 Å². The van der Waals surface area contributed by atoms with Crippen LogP contribution in [0.15, 0.2) is 23.1 Å². The Morgan fingerprint density at radius 1 is 1.37 bits per heavy atom. The van der Waals surface area contributed by atoms with E-state index in [1.807, 2.05) is 0 Å². The zero-order chi connectivity index (χ0) is 14.8. The second-order valence-corrected chi connectivity index (χ2v) is 5.81. The summed E-state index contributed by atoms with van der Waals surface area (Å²) in [5, 5.41) is 8.79. The van der Waals surface area contributed by atoms with Crippen LogP contribution < -0.4 is 4.72 Å². The SMILES string of the molecule is Cc1c(C(F)(F)F)cccc1S(=O)(=O)N[C@@H](C)CO. The molecule has 0 fully saturated rings. The lowest BCUT2D eigenvalue weighted by Gasteiger charge is -2.16. The first-order chi connectivity index (χ1) is 8.59. The standard InChI is InChI=1S/C11H14F3NO3S/c1-7(6-16)15-19(17,18)10-5-3-4-9(8(10)2)11(12,13)14/h3-5,7,15-16H,6H2,1-2H3/t7-/m0/s1. The van der Waals surface area contributed by atoms with Gasteiger partial charge in [0.2, 0.25) is 10.0 Å². The first kappa shape index (κ1) is 15.9. The molecule has 0 bridgehead atoms. The van der Waals surface area contributed by atoms with Gasteiger partial charge in [0, 0.05) is 6.04 Å². The third-order valence-corrected chi connectivity index (χ3v) is 4.24. The normalized spacial score (nSPS) is 14.4. The van der Waals surface area contributed by atoms with Gasteiger partial charge in [0.1, 0.15) is 0 Å². The molecule has 1 aromatic rings. The van der Waals surface area contributed by atoms with E-state index in [2.05, 4.69) is 4.72 Å². The van der Waals surface area contributed by atoms with Gasteiger partial charge in [0.25, 0.3) is 0 Å². The van der Waals surface area contributed by atoms with Crippen LogP contribution in [0.25, 0.3) is 0 Å². The number of rotatable bonds is 4. The Bertz CT molecular complexity index is 555. The van der Waals surface area contributed by atoms with Crippen molar-refractivity contribution in [3.8, 4) is 0 Å². The molecule has 0 spiro atoms. The number of sulfonamides is 1. The molecule has 0 radical (unpaired) electrons. The fourth-order valence-electron chi connectivity index (χ4n) is 1.58. The minimum absolute atomic E-state index is 0.368. The van der Waals surface area contributed by atoms with Crippen LogP contribution in [0.5, 0.6) is 0 Å². The summed E-state index contributed by atoms with van der Waals surface area (Å²) < 4.78 is 64.0. The van der Waals surface area contributed by atoms with E-state index < -0.39 is 39.3 Å². The van der Waals surface area contributed by atoms with Crippen LogP contribution in [0.4, 0.5) is 13.2 Å². The van der Waals surface area contributed by atoms with Crippen LogP contribution in [0.1, 0.15) is 18.1 Å². The first-order valence-electron chi connectivity index (χ1n) is 5.39. The Morgan fingerprint density at radius 3 is 2.42 bits per heavy atom. The van der Waals surface area contributed by atoms with E-state index in [-0.39, 0.29) is 5.56 Å². The number of halogens is 3. The van der Waals surface area contributed by atoms with Crippen molar-refractivity contribution < 1.29 is 26.7 Å². The van der Waals surface area contributed by atoms with E-state index in [0.29, 0.717) is 0 Å². The van der Waals surface area contributed by atoms with Gasteiger partial charge in [0.15, 0.2) is 0 Å². The molecule has 0 heterocycles. The van der Waals surface area contributed by atoms with Crippen molar-refractivity contribution in [2.24, 2.45) is 0 Å². The molecule has 2 N–H and O–H groups in total. The molecule has 1 rings (SSSR count). The average Bonchev–Trinajstić information content (AvgIpc) is 2.26. The van der Waals surface area contributed by atoms with Crippen LogP contribution in [0.3, 0.4) is 0 Å². The number of aliphatic hydroxyl groups is 1. The molecule has 0 aliphatic carbocycles. The molecule has 19 heavy (non-hydrogen) atoms. The maximum Gasteiger partial charge on any atom is 0.416 e. The fraction of sp³-hybridized carbons (Fsp3) is 0.455. The molecule has 0 saturated heterocycles. The third-order valence-electron chi connectivity index (χ3n) is 2.51. The highest BCUT2D eigenvalue weighted by Crippen LogP contribution is 2.34. The summed E-state index contributed by atoms with van der Waals surface area (Å²) >= 11 is 0. The molecule has 4 nitrogen and oxygen atoms in total. The lowest BCUT2D eigenvalue weighted by Crippen LogP contribution is -2.35. The second kappa shape index (κ2) is 5.48. The molecule has 1 atom stereocenters. The van der Waals surface area contributed by atoms with Gasteiger partial charge in [-0.05, 0) is 31.5 Å². The Balaban J connectivity index is 3.30. The summed E-state index contributed by atoms with van der Waals surface area (Å²) in [6, 6.07) is 2.17. The number of hydrogen-bond donors (Lipinski definition) is 2. The lowest BCUT2D eigenvalue weighted by atomic mass is 10.1. The topological polar surface area (TPSA) is 66.4 Å². The molecule has 0 saturated carbocycles. The number of aliphatic hydroxyl groups excluding tert-OH is 1. The number of hydrogen-bond acceptors (Lipinski definition) is 3. The van der Waals surface area contributed by atoms with E-state index in [1.165, 1.54) is 6.92 Å².